The monoisotopic (exact) mass is 470 g/mol. The number of sulfonamides is 1. The molecule has 4 rings (SSSR count). The molecule has 0 aromatic heterocycles. The highest BCUT2D eigenvalue weighted by Crippen LogP contribution is 2.59. The van der Waals surface area contributed by atoms with Gasteiger partial charge in [0, 0.05) is 12.5 Å². The Morgan fingerprint density at radius 3 is 2.38 bits per heavy atom. The Hall–Kier alpha value is -2.46. The van der Waals surface area contributed by atoms with Crippen molar-refractivity contribution in [3.8, 4) is 11.1 Å². The topological polar surface area (TPSA) is 66.5 Å². The molecular formula is C22H22F4N2O3S. The minimum Gasteiger partial charge on any atom is -0.332 e. The molecule has 1 amide bonds. The van der Waals surface area contributed by atoms with E-state index in [0.29, 0.717) is 0 Å². The zero-order valence-corrected chi connectivity index (χ0v) is 18.2. The van der Waals surface area contributed by atoms with Gasteiger partial charge in [-0.25, -0.2) is 30.7 Å². The number of rotatable bonds is 6. The van der Waals surface area contributed by atoms with Crippen LogP contribution in [0.15, 0.2) is 42.5 Å². The van der Waals surface area contributed by atoms with Gasteiger partial charge in [-0.2, -0.15) is 0 Å². The lowest BCUT2D eigenvalue weighted by molar-refractivity contribution is -0.149. The second kappa shape index (κ2) is 7.84. The average molecular weight is 470 g/mol. The van der Waals surface area contributed by atoms with Crippen LogP contribution in [0.3, 0.4) is 0 Å². The van der Waals surface area contributed by atoms with Crippen molar-refractivity contribution in [3.05, 3.63) is 59.7 Å². The lowest BCUT2D eigenvalue weighted by Crippen LogP contribution is -2.67. The van der Waals surface area contributed by atoms with E-state index in [9.17, 15) is 26.4 Å². The van der Waals surface area contributed by atoms with Crippen molar-refractivity contribution in [1.82, 2.24) is 9.62 Å². The Balaban J connectivity index is 1.60. The number of alkyl halides is 2. The maximum atomic E-state index is 15.9. The normalized spacial score (nSPS) is 28.2. The van der Waals surface area contributed by atoms with Crippen molar-refractivity contribution in [1.29, 1.82) is 0 Å². The summed E-state index contributed by atoms with van der Waals surface area (Å²) in [5.41, 5.74) is -2.55. The fourth-order valence-electron chi connectivity index (χ4n) is 4.54. The molecule has 0 radical (unpaired) electrons. The molecule has 0 bridgehead atoms. The number of carbonyl (C=O) groups is 1. The molecule has 2 aromatic rings. The second-order valence-corrected chi connectivity index (χ2v) is 10.2. The summed E-state index contributed by atoms with van der Waals surface area (Å²) in [5.74, 6) is -3.52. The summed E-state index contributed by atoms with van der Waals surface area (Å²) >= 11 is 0. The molecule has 32 heavy (non-hydrogen) atoms. The van der Waals surface area contributed by atoms with E-state index in [2.05, 4.69) is 4.72 Å². The smallest absolute Gasteiger partial charge is 0.229 e. The van der Waals surface area contributed by atoms with Crippen molar-refractivity contribution < 1.29 is 30.8 Å². The number of hydrogen-bond donors (Lipinski definition) is 1. The Bertz CT molecular complexity index is 1160. The van der Waals surface area contributed by atoms with Crippen LogP contribution in [-0.2, 0) is 20.5 Å². The predicted octanol–water partition coefficient (Wildman–Crippen LogP) is 3.30. The SMILES string of the molecule is CC(NS(C)(=O)=O)[C@@H]1[C@H](F)CN1C(=O)[C@@H]1C[C@@]1(F)c1ccccc1-c1c(F)cccc1F. The van der Waals surface area contributed by atoms with Gasteiger partial charge in [-0.15, -0.1) is 0 Å². The molecule has 1 N–H and O–H groups in total. The van der Waals surface area contributed by atoms with Gasteiger partial charge in [0.25, 0.3) is 0 Å². The maximum Gasteiger partial charge on any atom is 0.229 e. The quantitative estimate of drug-likeness (QED) is 0.659. The average Bonchev–Trinajstić information content (AvgIpc) is 3.37. The van der Waals surface area contributed by atoms with Gasteiger partial charge in [0.2, 0.25) is 15.9 Å². The summed E-state index contributed by atoms with van der Waals surface area (Å²) < 4.78 is 84.0. The van der Waals surface area contributed by atoms with E-state index in [1.165, 1.54) is 37.3 Å². The Labute approximate surface area is 183 Å². The van der Waals surface area contributed by atoms with Crippen LogP contribution in [0.1, 0.15) is 18.9 Å². The third-order valence-corrected chi connectivity index (χ3v) is 6.90. The number of benzene rings is 2. The first kappa shape index (κ1) is 22.7. The first-order chi connectivity index (χ1) is 14.9. The molecule has 1 unspecified atom stereocenters. The van der Waals surface area contributed by atoms with Crippen LogP contribution in [0.2, 0.25) is 0 Å². The van der Waals surface area contributed by atoms with Gasteiger partial charge in [-0.3, -0.25) is 4.79 Å². The highest BCUT2D eigenvalue weighted by molar-refractivity contribution is 7.88. The number of nitrogens with zero attached hydrogens (tertiary/aromatic N) is 1. The van der Waals surface area contributed by atoms with E-state index in [4.69, 9.17) is 0 Å². The molecule has 5 atom stereocenters. The molecule has 0 spiro atoms. The predicted molar refractivity (Wildman–Crippen MR) is 111 cm³/mol. The molecule has 172 valence electrons. The van der Waals surface area contributed by atoms with Crippen molar-refractivity contribution >= 4 is 15.9 Å². The molecule has 2 aromatic carbocycles. The van der Waals surface area contributed by atoms with Gasteiger partial charge < -0.3 is 4.90 Å². The number of carbonyl (C=O) groups excluding carboxylic acids is 1. The van der Waals surface area contributed by atoms with Crippen LogP contribution in [0.5, 0.6) is 0 Å². The molecule has 10 heteroatoms. The molecule has 1 heterocycles. The molecule has 1 aliphatic heterocycles. The van der Waals surface area contributed by atoms with Crippen LogP contribution < -0.4 is 4.72 Å². The van der Waals surface area contributed by atoms with Crippen LogP contribution in [0, 0.1) is 17.6 Å². The van der Waals surface area contributed by atoms with Gasteiger partial charge >= 0.3 is 0 Å². The minimum atomic E-state index is -3.63. The van der Waals surface area contributed by atoms with E-state index in [-0.39, 0.29) is 29.7 Å². The zero-order valence-electron chi connectivity index (χ0n) is 17.4. The maximum absolute atomic E-state index is 15.9. The van der Waals surface area contributed by atoms with E-state index in [1.807, 2.05) is 0 Å². The van der Waals surface area contributed by atoms with Gasteiger partial charge in [0.1, 0.15) is 23.5 Å². The molecule has 1 saturated heterocycles. The Kier molecular flexibility index (Phi) is 5.57. The lowest BCUT2D eigenvalue weighted by atomic mass is 9.91. The number of halogens is 4. The zero-order chi connectivity index (χ0) is 23.4. The molecule has 1 aliphatic carbocycles. The van der Waals surface area contributed by atoms with Crippen LogP contribution >= 0.6 is 0 Å². The van der Waals surface area contributed by atoms with Crippen molar-refractivity contribution in [3.63, 3.8) is 0 Å². The first-order valence-electron chi connectivity index (χ1n) is 10.1. The summed E-state index contributed by atoms with van der Waals surface area (Å²) in [6, 6.07) is 7.19. The second-order valence-electron chi connectivity index (χ2n) is 8.44. The Morgan fingerprint density at radius 1 is 1.16 bits per heavy atom. The summed E-state index contributed by atoms with van der Waals surface area (Å²) in [6.07, 6.45) is -0.739. The Morgan fingerprint density at radius 2 is 1.78 bits per heavy atom. The summed E-state index contributed by atoms with van der Waals surface area (Å²) in [4.78, 5) is 14.1. The van der Waals surface area contributed by atoms with Gasteiger partial charge in [0.05, 0.1) is 30.3 Å². The molecule has 2 fully saturated rings. The van der Waals surface area contributed by atoms with Crippen molar-refractivity contribution in [2.45, 2.75) is 37.3 Å². The van der Waals surface area contributed by atoms with Crippen LogP contribution in [0.4, 0.5) is 17.6 Å². The summed E-state index contributed by atoms with van der Waals surface area (Å²) in [5, 5.41) is 0. The summed E-state index contributed by atoms with van der Waals surface area (Å²) in [7, 11) is -3.63. The lowest BCUT2D eigenvalue weighted by Gasteiger charge is -2.47. The minimum absolute atomic E-state index is 0.0107. The summed E-state index contributed by atoms with van der Waals surface area (Å²) in [6.45, 7) is 1.17. The van der Waals surface area contributed by atoms with E-state index >= 15 is 4.39 Å². The number of amides is 1. The van der Waals surface area contributed by atoms with E-state index in [1.54, 1.807) is 0 Å². The largest absolute Gasteiger partial charge is 0.332 e. The van der Waals surface area contributed by atoms with Crippen LogP contribution in [0.25, 0.3) is 11.1 Å². The standard InChI is InChI=1S/C22H22F4N2O3S/c1-12(27-32(2,30)31)20-18(25)11-28(20)21(29)15-10-22(15,26)14-7-4-3-6-13(14)19-16(23)8-5-9-17(19)24/h3-9,12,15,18,20,27H,10-11H2,1-2H3/t12?,15-,18+,20+,22+/m0/s1. The molecule has 5 nitrogen and oxygen atoms in total. The molecule has 2 aliphatic rings. The fourth-order valence-corrected chi connectivity index (χ4v) is 5.35. The van der Waals surface area contributed by atoms with Gasteiger partial charge in [-0.1, -0.05) is 30.3 Å². The first-order valence-corrected chi connectivity index (χ1v) is 12.0. The molecular weight excluding hydrogens is 448 g/mol. The van der Waals surface area contributed by atoms with E-state index in [0.717, 1.165) is 23.3 Å². The number of likely N-dealkylation sites (tertiary alicyclic amines) is 1. The van der Waals surface area contributed by atoms with Crippen molar-refractivity contribution in [2.24, 2.45) is 5.92 Å². The number of hydrogen-bond acceptors (Lipinski definition) is 3. The van der Waals surface area contributed by atoms with Crippen LogP contribution in [-0.4, -0.2) is 50.3 Å². The van der Waals surface area contributed by atoms with E-state index < -0.39 is 57.4 Å². The fraction of sp³-hybridized carbons (Fsp3) is 0.409. The molecule has 1 saturated carbocycles. The third-order valence-electron chi connectivity index (χ3n) is 6.10. The number of nitrogens with one attached hydrogen (secondary N) is 1. The van der Waals surface area contributed by atoms with Gasteiger partial charge in [0.15, 0.2) is 0 Å². The highest BCUT2D eigenvalue weighted by atomic mass is 32.2. The van der Waals surface area contributed by atoms with Crippen molar-refractivity contribution in [2.75, 3.05) is 12.8 Å². The third kappa shape index (κ3) is 3.90. The van der Waals surface area contributed by atoms with Gasteiger partial charge in [-0.05, 0) is 30.2 Å². The highest BCUT2D eigenvalue weighted by Gasteiger charge is 2.64.